The molecule has 0 saturated heterocycles. The van der Waals surface area contributed by atoms with Crippen LogP contribution in [0.15, 0.2) is 18.2 Å². The third kappa shape index (κ3) is 1.73. The van der Waals surface area contributed by atoms with E-state index < -0.39 is 17.8 Å². The number of rotatable bonds is 2. The molecule has 0 radical (unpaired) electrons. The van der Waals surface area contributed by atoms with E-state index in [0.717, 1.165) is 12.8 Å². The molecule has 1 fully saturated rings. The molecule has 1 aliphatic heterocycles. The maximum Gasteiger partial charge on any atom is 0.299 e. The lowest BCUT2D eigenvalue weighted by Gasteiger charge is -2.26. The van der Waals surface area contributed by atoms with E-state index in [1.807, 2.05) is 0 Å². The summed E-state index contributed by atoms with van der Waals surface area (Å²) in [7, 11) is 1.52. The number of amides is 1. The highest BCUT2D eigenvalue weighted by Crippen LogP contribution is 2.37. The van der Waals surface area contributed by atoms with E-state index >= 15 is 0 Å². The van der Waals surface area contributed by atoms with Crippen LogP contribution in [0.2, 0.25) is 0 Å². The molecule has 1 saturated carbocycles. The summed E-state index contributed by atoms with van der Waals surface area (Å²) in [6.45, 7) is 0. The van der Waals surface area contributed by atoms with Crippen molar-refractivity contribution in [2.45, 2.75) is 31.4 Å². The predicted octanol–water partition coefficient (Wildman–Crippen LogP) is 1.14. The zero-order valence-corrected chi connectivity index (χ0v) is 10.6. The van der Waals surface area contributed by atoms with Crippen molar-refractivity contribution in [3.63, 3.8) is 0 Å². The smallest absolute Gasteiger partial charge is 0.299 e. The van der Waals surface area contributed by atoms with Crippen molar-refractivity contribution in [2.75, 3.05) is 12.0 Å². The second kappa shape index (κ2) is 4.35. The maximum atomic E-state index is 12.1. The first kappa shape index (κ1) is 12.2. The molecule has 19 heavy (non-hydrogen) atoms. The second-order valence-electron chi connectivity index (χ2n) is 4.95. The number of methoxy groups -OCH3 is 1. The van der Waals surface area contributed by atoms with Crippen LogP contribution < -0.4 is 9.64 Å². The lowest BCUT2D eigenvalue weighted by Crippen LogP contribution is -2.43. The molecule has 1 aromatic rings. The SMILES string of the molecule is COc1ccc2c(c1)C(=O)C(=O)N2[C@H]1CCC[C@@H]1O. The Bertz CT molecular complexity index is 554. The molecule has 0 spiro atoms. The van der Waals surface area contributed by atoms with E-state index in [0.29, 0.717) is 23.4 Å². The average molecular weight is 261 g/mol. The Morgan fingerprint density at radius 2 is 2.11 bits per heavy atom. The highest BCUT2D eigenvalue weighted by Gasteiger charge is 2.43. The molecule has 1 heterocycles. The number of fused-ring (bicyclic) bond motifs is 1. The Hall–Kier alpha value is -1.88. The highest BCUT2D eigenvalue weighted by molar-refractivity contribution is 6.52. The van der Waals surface area contributed by atoms with Crippen molar-refractivity contribution in [3.8, 4) is 5.75 Å². The Balaban J connectivity index is 2.05. The van der Waals surface area contributed by atoms with E-state index in [1.165, 1.54) is 12.0 Å². The maximum absolute atomic E-state index is 12.1. The lowest BCUT2D eigenvalue weighted by atomic mass is 10.1. The van der Waals surface area contributed by atoms with Gasteiger partial charge in [-0.25, -0.2) is 0 Å². The molecule has 2 aliphatic rings. The van der Waals surface area contributed by atoms with Crippen LogP contribution in [0.1, 0.15) is 29.6 Å². The van der Waals surface area contributed by atoms with Crippen LogP contribution in [0, 0.1) is 0 Å². The number of carbonyl (C=O) groups excluding carboxylic acids is 2. The molecular formula is C14H15NO4. The van der Waals surface area contributed by atoms with Gasteiger partial charge in [-0.05, 0) is 37.5 Å². The molecule has 5 heteroatoms. The molecule has 0 aromatic heterocycles. The fourth-order valence-electron chi connectivity index (χ4n) is 2.92. The molecule has 2 atom stereocenters. The summed E-state index contributed by atoms with van der Waals surface area (Å²) in [6.07, 6.45) is 1.72. The molecule has 1 amide bonds. The molecule has 1 aromatic carbocycles. The highest BCUT2D eigenvalue weighted by atomic mass is 16.5. The van der Waals surface area contributed by atoms with Gasteiger partial charge in [0.1, 0.15) is 5.75 Å². The summed E-state index contributed by atoms with van der Waals surface area (Å²) in [6, 6.07) is 4.73. The van der Waals surface area contributed by atoms with Crippen LogP contribution in [0.25, 0.3) is 0 Å². The minimum atomic E-state index is -0.551. The van der Waals surface area contributed by atoms with Gasteiger partial charge in [0.2, 0.25) is 0 Å². The van der Waals surface area contributed by atoms with Crippen molar-refractivity contribution in [2.24, 2.45) is 0 Å². The van der Waals surface area contributed by atoms with Gasteiger partial charge in [0.25, 0.3) is 11.7 Å². The van der Waals surface area contributed by atoms with E-state index in [-0.39, 0.29) is 6.04 Å². The van der Waals surface area contributed by atoms with Gasteiger partial charge in [0, 0.05) is 0 Å². The summed E-state index contributed by atoms with van der Waals surface area (Å²) >= 11 is 0. The fraction of sp³-hybridized carbons (Fsp3) is 0.429. The molecule has 100 valence electrons. The van der Waals surface area contributed by atoms with Gasteiger partial charge in [-0.2, -0.15) is 0 Å². The number of hydrogen-bond acceptors (Lipinski definition) is 4. The molecule has 1 aliphatic carbocycles. The number of nitrogens with zero attached hydrogens (tertiary/aromatic N) is 1. The van der Waals surface area contributed by atoms with Crippen molar-refractivity contribution >= 4 is 17.4 Å². The summed E-state index contributed by atoms with van der Waals surface area (Å²) < 4.78 is 5.07. The van der Waals surface area contributed by atoms with Crippen molar-refractivity contribution in [3.05, 3.63) is 23.8 Å². The first-order valence-electron chi connectivity index (χ1n) is 6.37. The Morgan fingerprint density at radius 1 is 1.32 bits per heavy atom. The normalized spacial score (nSPS) is 25.9. The Kier molecular flexibility index (Phi) is 2.78. The minimum absolute atomic E-state index is 0.286. The van der Waals surface area contributed by atoms with Crippen LogP contribution in [-0.4, -0.2) is 36.1 Å². The van der Waals surface area contributed by atoms with Gasteiger partial charge in [-0.1, -0.05) is 0 Å². The number of anilines is 1. The number of Topliss-reactive ketones (excluding diaryl/α,β-unsaturated/α-hetero) is 1. The monoisotopic (exact) mass is 261 g/mol. The van der Waals surface area contributed by atoms with Crippen molar-refractivity contribution < 1.29 is 19.4 Å². The summed E-state index contributed by atoms with van der Waals surface area (Å²) in [5.74, 6) is -0.518. The Labute approximate surface area is 110 Å². The number of hydrogen-bond donors (Lipinski definition) is 1. The Morgan fingerprint density at radius 3 is 2.74 bits per heavy atom. The van der Waals surface area contributed by atoms with Crippen LogP contribution in [0.4, 0.5) is 5.69 Å². The van der Waals surface area contributed by atoms with Crippen molar-refractivity contribution in [1.29, 1.82) is 0 Å². The number of ketones is 1. The van der Waals surface area contributed by atoms with E-state index in [1.54, 1.807) is 18.2 Å². The number of benzene rings is 1. The van der Waals surface area contributed by atoms with Crippen LogP contribution in [-0.2, 0) is 4.79 Å². The van der Waals surface area contributed by atoms with Gasteiger partial charge in [-0.15, -0.1) is 0 Å². The molecule has 3 rings (SSSR count). The number of aliphatic hydroxyl groups is 1. The van der Waals surface area contributed by atoms with Gasteiger partial charge in [-0.3, -0.25) is 14.5 Å². The van der Waals surface area contributed by atoms with Crippen LogP contribution in [0.3, 0.4) is 0 Å². The van der Waals surface area contributed by atoms with E-state index in [2.05, 4.69) is 0 Å². The topological polar surface area (TPSA) is 66.8 Å². The molecule has 0 bridgehead atoms. The first-order chi connectivity index (χ1) is 9.13. The number of aliphatic hydroxyl groups excluding tert-OH is 1. The largest absolute Gasteiger partial charge is 0.497 e. The van der Waals surface area contributed by atoms with Gasteiger partial charge in [0.05, 0.1) is 30.5 Å². The third-order valence-electron chi connectivity index (χ3n) is 3.90. The summed E-state index contributed by atoms with van der Waals surface area (Å²) in [5.41, 5.74) is 0.949. The zero-order chi connectivity index (χ0) is 13.6. The average Bonchev–Trinajstić information content (AvgIpc) is 2.93. The van der Waals surface area contributed by atoms with Crippen molar-refractivity contribution in [1.82, 2.24) is 0 Å². The predicted molar refractivity (Wildman–Crippen MR) is 68.5 cm³/mol. The standard InChI is InChI=1S/C14H15NO4/c1-19-8-5-6-10-9(7-8)13(17)14(18)15(10)11-3-2-4-12(11)16/h5-7,11-12,16H,2-4H2,1H3/t11-,12-/m0/s1. The minimum Gasteiger partial charge on any atom is -0.497 e. The molecular weight excluding hydrogens is 246 g/mol. The molecule has 5 nitrogen and oxygen atoms in total. The van der Waals surface area contributed by atoms with Crippen LogP contribution in [0.5, 0.6) is 5.75 Å². The molecule has 0 unspecified atom stereocenters. The number of ether oxygens (including phenoxy) is 1. The van der Waals surface area contributed by atoms with E-state index in [4.69, 9.17) is 4.74 Å². The lowest BCUT2D eigenvalue weighted by molar-refractivity contribution is -0.115. The summed E-state index contributed by atoms with van der Waals surface area (Å²) in [4.78, 5) is 25.6. The van der Waals surface area contributed by atoms with Gasteiger partial charge < -0.3 is 9.84 Å². The second-order valence-corrected chi connectivity index (χ2v) is 4.95. The first-order valence-corrected chi connectivity index (χ1v) is 6.37. The third-order valence-corrected chi connectivity index (χ3v) is 3.90. The number of carbonyl (C=O) groups is 2. The molecule has 1 N–H and O–H groups in total. The zero-order valence-electron chi connectivity index (χ0n) is 10.6. The fourth-order valence-corrected chi connectivity index (χ4v) is 2.92. The van der Waals surface area contributed by atoms with Gasteiger partial charge in [0.15, 0.2) is 0 Å². The van der Waals surface area contributed by atoms with Gasteiger partial charge >= 0.3 is 0 Å². The quantitative estimate of drug-likeness (QED) is 0.811. The summed E-state index contributed by atoms with van der Waals surface area (Å²) in [5, 5.41) is 9.95. The van der Waals surface area contributed by atoms with Crippen LogP contribution >= 0.6 is 0 Å². The van der Waals surface area contributed by atoms with E-state index in [9.17, 15) is 14.7 Å².